The maximum absolute atomic E-state index is 12.5. The lowest BCUT2D eigenvalue weighted by Crippen LogP contribution is -2.48. The lowest BCUT2D eigenvalue weighted by atomic mass is 10.1. The van der Waals surface area contributed by atoms with Crippen LogP contribution < -0.4 is 5.32 Å². The maximum Gasteiger partial charge on any atom is 0.340 e. The van der Waals surface area contributed by atoms with Crippen molar-refractivity contribution in [2.24, 2.45) is 0 Å². The highest BCUT2D eigenvalue weighted by molar-refractivity contribution is 5.96. The number of benzene rings is 1. The first-order valence-corrected chi connectivity index (χ1v) is 7.94. The normalized spacial score (nSPS) is 24.3. The van der Waals surface area contributed by atoms with E-state index in [4.69, 9.17) is 4.74 Å². The third-order valence-electron chi connectivity index (χ3n) is 4.48. The van der Waals surface area contributed by atoms with E-state index in [-0.39, 0.29) is 24.3 Å². The number of likely N-dealkylation sites (tertiary alicyclic amines) is 1. The average Bonchev–Trinajstić information content (AvgIpc) is 3.08. The molecule has 0 aliphatic carbocycles. The van der Waals surface area contributed by atoms with Gasteiger partial charge in [-0.25, -0.2) is 4.79 Å². The van der Waals surface area contributed by atoms with E-state index in [2.05, 4.69) is 5.32 Å². The van der Waals surface area contributed by atoms with Crippen LogP contribution in [0.4, 0.5) is 0 Å². The number of amides is 2. The van der Waals surface area contributed by atoms with Crippen LogP contribution >= 0.6 is 0 Å². The number of cyclic esters (lactones) is 1. The third-order valence-corrected chi connectivity index (χ3v) is 4.48. The van der Waals surface area contributed by atoms with Crippen molar-refractivity contribution in [3.05, 3.63) is 35.4 Å². The number of ether oxygens (including phenoxy) is 1. The zero-order chi connectivity index (χ0) is 16.6. The molecule has 1 fully saturated rings. The summed E-state index contributed by atoms with van der Waals surface area (Å²) in [5, 5.41) is 2.91. The molecule has 2 amide bonds. The second-order valence-electron chi connectivity index (χ2n) is 6.02. The molecule has 122 valence electrons. The van der Waals surface area contributed by atoms with Crippen LogP contribution in [-0.4, -0.2) is 34.8 Å². The highest BCUT2D eigenvalue weighted by Crippen LogP contribution is 2.38. The molecule has 1 aromatic carbocycles. The SMILES string of the molecule is CC[C@@H](C)NC(=O)[C@H]1CCC(=O)N1[C@@H]1OC(=O)c2ccccc21. The molecule has 6 heteroatoms. The Kier molecular flexibility index (Phi) is 4.07. The van der Waals surface area contributed by atoms with Gasteiger partial charge < -0.3 is 10.1 Å². The van der Waals surface area contributed by atoms with Crippen molar-refractivity contribution in [1.29, 1.82) is 0 Å². The van der Waals surface area contributed by atoms with Crippen LogP contribution in [0.5, 0.6) is 0 Å². The van der Waals surface area contributed by atoms with Gasteiger partial charge in [0, 0.05) is 18.0 Å². The van der Waals surface area contributed by atoms with Crippen molar-refractivity contribution in [1.82, 2.24) is 10.2 Å². The number of rotatable bonds is 4. The molecular formula is C17H20N2O4. The van der Waals surface area contributed by atoms with Gasteiger partial charge >= 0.3 is 5.97 Å². The number of nitrogens with zero attached hydrogens (tertiary/aromatic N) is 1. The number of esters is 1. The zero-order valence-corrected chi connectivity index (χ0v) is 13.2. The standard InChI is InChI=1S/C17H20N2O4/c1-3-10(2)18-15(21)13-8-9-14(20)19(13)16-11-6-4-5-7-12(11)17(22)23-16/h4-7,10,13,16H,3,8-9H2,1-2H3,(H,18,21)/t10-,13-,16-/m1/s1. The molecule has 3 rings (SSSR count). The van der Waals surface area contributed by atoms with Crippen LogP contribution in [0.3, 0.4) is 0 Å². The van der Waals surface area contributed by atoms with Gasteiger partial charge in [-0.2, -0.15) is 0 Å². The van der Waals surface area contributed by atoms with Gasteiger partial charge in [-0.3, -0.25) is 14.5 Å². The molecule has 6 nitrogen and oxygen atoms in total. The van der Waals surface area contributed by atoms with Crippen molar-refractivity contribution < 1.29 is 19.1 Å². The first-order valence-electron chi connectivity index (χ1n) is 7.94. The van der Waals surface area contributed by atoms with Gasteiger partial charge in [0.15, 0.2) is 0 Å². The molecule has 1 N–H and O–H groups in total. The lowest BCUT2D eigenvalue weighted by molar-refractivity contribution is -0.146. The Bertz CT molecular complexity index is 658. The number of fused-ring (bicyclic) bond motifs is 1. The number of hydrogen-bond acceptors (Lipinski definition) is 4. The maximum atomic E-state index is 12.5. The number of hydrogen-bond donors (Lipinski definition) is 1. The van der Waals surface area contributed by atoms with E-state index < -0.39 is 18.2 Å². The predicted molar refractivity (Wildman–Crippen MR) is 82.4 cm³/mol. The fourth-order valence-electron chi connectivity index (χ4n) is 3.03. The van der Waals surface area contributed by atoms with Crippen LogP contribution in [0.25, 0.3) is 0 Å². The fourth-order valence-corrected chi connectivity index (χ4v) is 3.03. The van der Waals surface area contributed by atoms with Crippen LogP contribution in [0.15, 0.2) is 24.3 Å². The van der Waals surface area contributed by atoms with Gasteiger partial charge in [-0.15, -0.1) is 0 Å². The first kappa shape index (κ1) is 15.5. The molecule has 23 heavy (non-hydrogen) atoms. The second kappa shape index (κ2) is 6.02. The molecule has 2 aliphatic rings. The van der Waals surface area contributed by atoms with Crippen molar-refractivity contribution in [3.63, 3.8) is 0 Å². The van der Waals surface area contributed by atoms with Gasteiger partial charge in [-0.05, 0) is 25.8 Å². The van der Waals surface area contributed by atoms with E-state index in [1.165, 1.54) is 4.90 Å². The lowest BCUT2D eigenvalue weighted by Gasteiger charge is -2.29. The molecular weight excluding hydrogens is 296 g/mol. The summed E-state index contributed by atoms with van der Waals surface area (Å²) in [6, 6.07) is 6.43. The Morgan fingerprint density at radius 1 is 1.39 bits per heavy atom. The van der Waals surface area contributed by atoms with Crippen LogP contribution in [0.1, 0.15) is 55.3 Å². The summed E-state index contributed by atoms with van der Waals surface area (Å²) < 4.78 is 5.38. The highest BCUT2D eigenvalue weighted by atomic mass is 16.6. The van der Waals surface area contributed by atoms with E-state index in [9.17, 15) is 14.4 Å². The minimum absolute atomic E-state index is 0.0402. The van der Waals surface area contributed by atoms with Crippen LogP contribution in [0.2, 0.25) is 0 Å². The van der Waals surface area contributed by atoms with Gasteiger partial charge in [0.2, 0.25) is 18.0 Å². The highest BCUT2D eigenvalue weighted by Gasteiger charge is 2.46. The molecule has 0 saturated carbocycles. The zero-order valence-electron chi connectivity index (χ0n) is 13.2. The Labute approximate surface area is 134 Å². The van der Waals surface area contributed by atoms with Crippen molar-refractivity contribution >= 4 is 17.8 Å². The quantitative estimate of drug-likeness (QED) is 0.859. The van der Waals surface area contributed by atoms with Gasteiger partial charge in [0.1, 0.15) is 6.04 Å². The summed E-state index contributed by atoms with van der Waals surface area (Å²) in [7, 11) is 0. The van der Waals surface area contributed by atoms with Crippen molar-refractivity contribution in [3.8, 4) is 0 Å². The van der Waals surface area contributed by atoms with E-state index in [1.807, 2.05) is 13.8 Å². The summed E-state index contributed by atoms with van der Waals surface area (Å²) in [5.41, 5.74) is 1.10. The van der Waals surface area contributed by atoms with Gasteiger partial charge in [0.25, 0.3) is 0 Å². The summed E-state index contributed by atoms with van der Waals surface area (Å²) in [6.07, 6.45) is 0.737. The minimum atomic E-state index is -0.804. The molecule has 2 aliphatic heterocycles. The summed E-state index contributed by atoms with van der Waals surface area (Å²) in [4.78, 5) is 38.2. The molecule has 0 spiro atoms. The summed E-state index contributed by atoms with van der Waals surface area (Å²) in [5.74, 6) is -0.805. The van der Waals surface area contributed by atoms with E-state index in [0.717, 1.165) is 6.42 Å². The summed E-state index contributed by atoms with van der Waals surface area (Å²) >= 11 is 0. The van der Waals surface area contributed by atoms with Crippen LogP contribution in [-0.2, 0) is 14.3 Å². The molecule has 0 unspecified atom stereocenters. The van der Waals surface area contributed by atoms with Crippen LogP contribution in [0, 0.1) is 0 Å². The Hall–Kier alpha value is -2.37. The molecule has 0 radical (unpaired) electrons. The molecule has 2 heterocycles. The topological polar surface area (TPSA) is 75.7 Å². The Morgan fingerprint density at radius 2 is 2.13 bits per heavy atom. The number of carbonyl (C=O) groups is 3. The monoisotopic (exact) mass is 316 g/mol. The third kappa shape index (κ3) is 2.69. The van der Waals surface area contributed by atoms with E-state index in [1.54, 1.807) is 24.3 Å². The largest absolute Gasteiger partial charge is 0.433 e. The van der Waals surface area contributed by atoms with Crippen molar-refractivity contribution in [2.75, 3.05) is 0 Å². The number of carbonyl (C=O) groups excluding carboxylic acids is 3. The first-order chi connectivity index (χ1) is 11.0. The smallest absolute Gasteiger partial charge is 0.340 e. The predicted octanol–water partition coefficient (Wildman–Crippen LogP) is 1.76. The fraction of sp³-hybridized carbons (Fsp3) is 0.471. The van der Waals surface area contributed by atoms with Gasteiger partial charge in [-0.1, -0.05) is 25.1 Å². The molecule has 0 aromatic heterocycles. The Morgan fingerprint density at radius 3 is 2.87 bits per heavy atom. The second-order valence-corrected chi connectivity index (χ2v) is 6.02. The Balaban J connectivity index is 1.87. The van der Waals surface area contributed by atoms with Crippen molar-refractivity contribution in [2.45, 2.75) is 51.4 Å². The van der Waals surface area contributed by atoms with E-state index >= 15 is 0 Å². The molecule has 1 saturated heterocycles. The average molecular weight is 316 g/mol. The molecule has 0 bridgehead atoms. The number of nitrogens with one attached hydrogen (secondary N) is 1. The molecule has 1 aromatic rings. The van der Waals surface area contributed by atoms with E-state index in [0.29, 0.717) is 17.5 Å². The van der Waals surface area contributed by atoms with Gasteiger partial charge in [0.05, 0.1) is 5.56 Å². The summed E-state index contributed by atoms with van der Waals surface area (Å²) in [6.45, 7) is 3.90. The minimum Gasteiger partial charge on any atom is -0.433 e. The molecule has 3 atom stereocenters.